The third kappa shape index (κ3) is 7.32. The van der Waals surface area contributed by atoms with E-state index in [9.17, 15) is 14.4 Å². The molecule has 1 saturated heterocycles. The Morgan fingerprint density at radius 2 is 1.64 bits per heavy atom. The molecule has 0 unspecified atom stereocenters. The summed E-state index contributed by atoms with van der Waals surface area (Å²) in [6, 6.07) is -0.327. The van der Waals surface area contributed by atoms with E-state index in [1.807, 2.05) is 46.4 Å². The van der Waals surface area contributed by atoms with Crippen LogP contribution in [0.2, 0.25) is 0 Å². The van der Waals surface area contributed by atoms with E-state index >= 15 is 0 Å². The smallest absolute Gasteiger partial charge is 0.407 e. The van der Waals surface area contributed by atoms with Gasteiger partial charge in [-0.15, -0.1) is 0 Å². The van der Waals surface area contributed by atoms with Crippen LogP contribution in [0.5, 0.6) is 0 Å². The molecular weight excluding hydrogens is 360 g/mol. The van der Waals surface area contributed by atoms with Crippen LogP contribution < -0.4 is 5.32 Å². The fraction of sp³-hybridized carbons (Fsp3) is 0.857. The Hall–Kier alpha value is -1.79. The number of carbonyl (C=O) groups is 3. The second kappa shape index (κ2) is 10.1. The van der Waals surface area contributed by atoms with Crippen molar-refractivity contribution in [2.24, 2.45) is 11.3 Å². The van der Waals surface area contributed by atoms with Gasteiger partial charge in [0, 0.05) is 25.6 Å². The number of likely N-dealkylation sites (tertiary alicyclic amines) is 1. The van der Waals surface area contributed by atoms with Crippen molar-refractivity contribution in [2.45, 2.75) is 85.8 Å². The Kier molecular flexibility index (Phi) is 8.76. The predicted octanol–water partition coefficient (Wildman–Crippen LogP) is 3.51. The lowest BCUT2D eigenvalue weighted by Crippen LogP contribution is -2.55. The van der Waals surface area contributed by atoms with Gasteiger partial charge >= 0.3 is 12.1 Å². The van der Waals surface area contributed by atoms with Crippen LogP contribution in [0.3, 0.4) is 0 Å². The van der Waals surface area contributed by atoms with E-state index in [0.717, 1.165) is 12.8 Å². The summed E-state index contributed by atoms with van der Waals surface area (Å²) in [5.41, 5.74) is -1.34. The SMILES string of the molecule is CCOC(=O)CC1CCN(C(=O)C(C)(C)[C@H](CC)NC(=O)OC(C)(C)C)CC1. The van der Waals surface area contributed by atoms with E-state index in [1.165, 1.54) is 0 Å². The second-order valence-corrected chi connectivity index (χ2v) is 9.07. The molecule has 1 N–H and O–H groups in total. The largest absolute Gasteiger partial charge is 0.466 e. The van der Waals surface area contributed by atoms with Crippen molar-refractivity contribution in [1.82, 2.24) is 10.2 Å². The average Bonchev–Trinajstić information content (AvgIpc) is 2.58. The Balaban J connectivity index is 2.65. The van der Waals surface area contributed by atoms with E-state index in [2.05, 4.69) is 5.32 Å². The van der Waals surface area contributed by atoms with Crippen molar-refractivity contribution >= 4 is 18.0 Å². The van der Waals surface area contributed by atoms with Crippen molar-refractivity contribution in [3.63, 3.8) is 0 Å². The summed E-state index contributed by atoms with van der Waals surface area (Å²) < 4.78 is 10.4. The second-order valence-electron chi connectivity index (χ2n) is 9.07. The van der Waals surface area contributed by atoms with Gasteiger partial charge in [-0.1, -0.05) is 6.92 Å². The molecule has 2 amide bonds. The predicted molar refractivity (Wildman–Crippen MR) is 108 cm³/mol. The Labute approximate surface area is 169 Å². The summed E-state index contributed by atoms with van der Waals surface area (Å²) in [5.74, 6) is 0.110. The van der Waals surface area contributed by atoms with Crippen molar-refractivity contribution in [2.75, 3.05) is 19.7 Å². The molecular formula is C21H38N2O5. The topological polar surface area (TPSA) is 84.9 Å². The zero-order valence-electron chi connectivity index (χ0n) is 18.6. The van der Waals surface area contributed by atoms with Gasteiger partial charge in [0.1, 0.15) is 5.60 Å². The highest BCUT2D eigenvalue weighted by molar-refractivity contribution is 5.83. The van der Waals surface area contributed by atoms with Crippen LogP contribution in [-0.2, 0) is 19.1 Å². The summed E-state index contributed by atoms with van der Waals surface area (Å²) >= 11 is 0. The van der Waals surface area contributed by atoms with Crippen LogP contribution in [0.15, 0.2) is 0 Å². The number of carbonyl (C=O) groups excluding carboxylic acids is 3. The molecule has 1 rings (SSSR count). The van der Waals surface area contributed by atoms with Crippen LogP contribution >= 0.6 is 0 Å². The third-order valence-electron chi connectivity index (χ3n) is 5.18. The molecule has 28 heavy (non-hydrogen) atoms. The normalized spacial score (nSPS) is 17.0. The minimum absolute atomic E-state index is 0.0185. The number of rotatable bonds is 7. The molecule has 0 radical (unpaired) electrons. The van der Waals surface area contributed by atoms with Gasteiger partial charge in [0.25, 0.3) is 0 Å². The van der Waals surface area contributed by atoms with E-state index in [1.54, 1.807) is 6.92 Å². The highest BCUT2D eigenvalue weighted by atomic mass is 16.6. The molecule has 0 bridgehead atoms. The van der Waals surface area contributed by atoms with Gasteiger partial charge in [-0.2, -0.15) is 0 Å². The molecule has 1 heterocycles. The molecule has 7 nitrogen and oxygen atoms in total. The molecule has 7 heteroatoms. The maximum atomic E-state index is 13.2. The summed E-state index contributed by atoms with van der Waals surface area (Å²) in [5, 5.41) is 2.86. The number of piperidine rings is 1. The quantitative estimate of drug-likeness (QED) is 0.664. The summed E-state index contributed by atoms with van der Waals surface area (Å²) in [7, 11) is 0. The number of nitrogens with one attached hydrogen (secondary N) is 1. The zero-order valence-corrected chi connectivity index (χ0v) is 18.6. The standard InChI is InChI=1S/C21H38N2O5/c1-8-16(22-19(26)28-20(3,4)5)21(6,7)18(25)23-12-10-15(11-13-23)14-17(24)27-9-2/h15-16H,8-14H2,1-7H3,(H,22,26)/t16-/m0/s1. The number of nitrogens with zero attached hydrogens (tertiary/aromatic N) is 1. The van der Waals surface area contributed by atoms with Gasteiger partial charge < -0.3 is 19.7 Å². The number of ether oxygens (including phenoxy) is 2. The van der Waals surface area contributed by atoms with Gasteiger partial charge in [0.15, 0.2) is 0 Å². The number of esters is 1. The molecule has 1 atom stereocenters. The van der Waals surface area contributed by atoms with Crippen molar-refractivity contribution in [3.8, 4) is 0 Å². The maximum Gasteiger partial charge on any atom is 0.407 e. The van der Waals surface area contributed by atoms with E-state index < -0.39 is 17.1 Å². The molecule has 0 aromatic rings. The van der Waals surface area contributed by atoms with Gasteiger partial charge in [-0.05, 0) is 66.7 Å². The van der Waals surface area contributed by atoms with Gasteiger partial charge in [0.05, 0.1) is 12.0 Å². The average molecular weight is 399 g/mol. The van der Waals surface area contributed by atoms with E-state index in [-0.39, 0.29) is 23.8 Å². The molecule has 1 aliphatic heterocycles. The Morgan fingerprint density at radius 1 is 1.07 bits per heavy atom. The van der Waals surface area contributed by atoms with Crippen molar-refractivity contribution in [3.05, 3.63) is 0 Å². The first kappa shape index (κ1) is 24.2. The molecule has 1 fully saturated rings. The third-order valence-corrected chi connectivity index (χ3v) is 5.18. The van der Waals surface area contributed by atoms with Crippen LogP contribution in [0.25, 0.3) is 0 Å². The van der Waals surface area contributed by atoms with Gasteiger partial charge in [-0.3, -0.25) is 9.59 Å². The molecule has 1 aliphatic rings. The first-order valence-electron chi connectivity index (χ1n) is 10.3. The van der Waals surface area contributed by atoms with E-state index in [0.29, 0.717) is 32.5 Å². The van der Waals surface area contributed by atoms with Crippen LogP contribution in [0.4, 0.5) is 4.79 Å². The molecule has 0 aliphatic carbocycles. The fourth-order valence-electron chi connectivity index (χ4n) is 3.59. The lowest BCUT2D eigenvalue weighted by atomic mass is 9.80. The van der Waals surface area contributed by atoms with Gasteiger partial charge in [-0.25, -0.2) is 4.79 Å². The van der Waals surface area contributed by atoms with Crippen LogP contribution in [0, 0.1) is 11.3 Å². The molecule has 162 valence electrons. The summed E-state index contributed by atoms with van der Waals surface area (Å²) in [6.45, 7) is 14.5. The van der Waals surface area contributed by atoms with Crippen molar-refractivity contribution in [1.29, 1.82) is 0 Å². The number of alkyl carbamates (subject to hydrolysis) is 1. The van der Waals surface area contributed by atoms with Crippen LogP contribution in [-0.4, -0.2) is 54.2 Å². The molecule has 0 aromatic carbocycles. The van der Waals surface area contributed by atoms with E-state index in [4.69, 9.17) is 9.47 Å². The highest BCUT2D eigenvalue weighted by Gasteiger charge is 2.41. The fourth-order valence-corrected chi connectivity index (χ4v) is 3.59. The number of hydrogen-bond donors (Lipinski definition) is 1. The van der Waals surface area contributed by atoms with Crippen LogP contribution in [0.1, 0.15) is 74.1 Å². The zero-order chi connectivity index (χ0) is 21.5. The van der Waals surface area contributed by atoms with Gasteiger partial charge in [0.2, 0.25) is 5.91 Å². The van der Waals surface area contributed by atoms with Crippen molar-refractivity contribution < 1.29 is 23.9 Å². The first-order valence-corrected chi connectivity index (χ1v) is 10.3. The number of amides is 2. The highest BCUT2D eigenvalue weighted by Crippen LogP contribution is 2.30. The minimum Gasteiger partial charge on any atom is -0.466 e. The lowest BCUT2D eigenvalue weighted by molar-refractivity contribution is -0.145. The maximum absolute atomic E-state index is 13.2. The molecule has 0 aromatic heterocycles. The minimum atomic E-state index is -0.750. The Bertz CT molecular complexity index is 545. The lowest BCUT2D eigenvalue weighted by Gasteiger charge is -2.40. The summed E-state index contributed by atoms with van der Waals surface area (Å²) in [6.07, 6.45) is 2.11. The Morgan fingerprint density at radius 3 is 2.11 bits per heavy atom. The number of hydrogen-bond acceptors (Lipinski definition) is 5. The summed E-state index contributed by atoms with van der Waals surface area (Å²) in [4.78, 5) is 38.8. The monoisotopic (exact) mass is 398 g/mol. The molecule has 0 saturated carbocycles. The first-order chi connectivity index (χ1) is 12.9. The molecule has 0 spiro atoms.